The third kappa shape index (κ3) is 2.50. The fraction of sp³-hybridized carbons (Fsp3) is 0.667. The molecular weight excluding hydrogens is 272 g/mol. The van der Waals surface area contributed by atoms with Crippen molar-refractivity contribution in [1.82, 2.24) is 0 Å². The quantitative estimate of drug-likeness (QED) is 0.880. The van der Waals surface area contributed by atoms with Gasteiger partial charge in [-0.2, -0.15) is 0 Å². The molecule has 4 nitrogen and oxygen atoms in total. The van der Waals surface area contributed by atoms with E-state index in [1.54, 1.807) is 11.3 Å². The van der Waals surface area contributed by atoms with Crippen LogP contribution in [-0.4, -0.2) is 24.7 Å². The van der Waals surface area contributed by atoms with Gasteiger partial charge in [0.1, 0.15) is 5.54 Å². The maximum atomic E-state index is 12.5. The number of ether oxygens (including phenoxy) is 1. The van der Waals surface area contributed by atoms with Crippen molar-refractivity contribution in [3.8, 4) is 0 Å². The molecule has 0 unspecified atom stereocenters. The van der Waals surface area contributed by atoms with Crippen molar-refractivity contribution in [3.05, 3.63) is 16.0 Å². The number of rotatable bonds is 2. The summed E-state index contributed by atoms with van der Waals surface area (Å²) in [5.41, 5.74) is 8.16. The molecule has 0 bridgehead atoms. The number of anilines is 1. The van der Waals surface area contributed by atoms with Crippen LogP contribution in [0, 0.1) is 6.92 Å². The van der Waals surface area contributed by atoms with E-state index >= 15 is 0 Å². The Kier molecular flexibility index (Phi) is 3.84. The Morgan fingerprint density at radius 3 is 2.70 bits per heavy atom. The highest BCUT2D eigenvalue weighted by molar-refractivity contribution is 7.16. The van der Waals surface area contributed by atoms with Crippen LogP contribution in [0.1, 0.15) is 41.7 Å². The van der Waals surface area contributed by atoms with Crippen molar-refractivity contribution < 1.29 is 9.53 Å². The second kappa shape index (κ2) is 5.47. The minimum atomic E-state index is -0.769. The van der Waals surface area contributed by atoms with E-state index < -0.39 is 5.54 Å². The summed E-state index contributed by atoms with van der Waals surface area (Å²) in [7, 11) is 0. The Morgan fingerprint density at radius 1 is 1.30 bits per heavy atom. The average molecular weight is 294 g/mol. The summed E-state index contributed by atoms with van der Waals surface area (Å²) in [6, 6.07) is 0. The molecule has 1 amide bonds. The molecule has 3 N–H and O–H groups in total. The largest absolute Gasteiger partial charge is 0.381 e. The monoisotopic (exact) mass is 294 g/mol. The van der Waals surface area contributed by atoms with Crippen LogP contribution in [0.25, 0.3) is 0 Å². The molecule has 5 heteroatoms. The molecule has 1 aromatic rings. The maximum Gasteiger partial charge on any atom is 0.245 e. The number of hydrogen-bond acceptors (Lipinski definition) is 4. The second-order valence-corrected chi connectivity index (χ2v) is 6.99. The predicted molar refractivity (Wildman–Crippen MR) is 81.3 cm³/mol. The van der Waals surface area contributed by atoms with Gasteiger partial charge in [0.15, 0.2) is 0 Å². The molecule has 0 radical (unpaired) electrons. The van der Waals surface area contributed by atoms with Gasteiger partial charge in [0.25, 0.3) is 0 Å². The van der Waals surface area contributed by atoms with Crippen LogP contribution in [0.2, 0.25) is 0 Å². The summed E-state index contributed by atoms with van der Waals surface area (Å²) in [5, 5.41) is 4.08. The number of hydrogen-bond donors (Lipinski definition) is 2. The van der Waals surface area contributed by atoms with Crippen molar-refractivity contribution >= 4 is 22.2 Å². The van der Waals surface area contributed by atoms with Crippen LogP contribution in [-0.2, 0) is 22.4 Å². The van der Waals surface area contributed by atoms with Crippen molar-refractivity contribution in [2.24, 2.45) is 5.73 Å². The zero-order valence-corrected chi connectivity index (χ0v) is 12.8. The van der Waals surface area contributed by atoms with Gasteiger partial charge >= 0.3 is 0 Å². The van der Waals surface area contributed by atoms with Crippen LogP contribution in [0.4, 0.5) is 5.00 Å². The molecule has 1 saturated heterocycles. The highest BCUT2D eigenvalue weighted by Gasteiger charge is 2.36. The third-order valence-corrected chi connectivity index (χ3v) is 5.81. The molecule has 110 valence electrons. The van der Waals surface area contributed by atoms with Crippen LogP contribution < -0.4 is 11.1 Å². The topological polar surface area (TPSA) is 64.4 Å². The van der Waals surface area contributed by atoms with Crippen molar-refractivity contribution in [2.75, 3.05) is 18.5 Å². The second-order valence-electron chi connectivity index (χ2n) is 5.89. The van der Waals surface area contributed by atoms with E-state index in [0.29, 0.717) is 26.1 Å². The zero-order chi connectivity index (χ0) is 14.2. The first-order valence-electron chi connectivity index (χ1n) is 7.39. The highest BCUT2D eigenvalue weighted by atomic mass is 32.1. The van der Waals surface area contributed by atoms with Gasteiger partial charge in [0.2, 0.25) is 5.91 Å². The fourth-order valence-corrected chi connectivity index (χ4v) is 4.32. The maximum absolute atomic E-state index is 12.5. The van der Waals surface area contributed by atoms with Crippen LogP contribution in [0.3, 0.4) is 0 Å². The first-order chi connectivity index (χ1) is 9.60. The summed E-state index contributed by atoms with van der Waals surface area (Å²) >= 11 is 1.73. The Balaban J connectivity index is 1.77. The van der Waals surface area contributed by atoms with Gasteiger partial charge in [-0.3, -0.25) is 4.79 Å². The number of thiophene rings is 1. The Hall–Kier alpha value is -0.910. The molecular formula is C15H22N2O2S. The van der Waals surface area contributed by atoms with Gasteiger partial charge in [0, 0.05) is 18.1 Å². The summed E-state index contributed by atoms with van der Waals surface area (Å²) in [6.45, 7) is 3.26. The summed E-state index contributed by atoms with van der Waals surface area (Å²) in [5.74, 6) is -0.0532. The van der Waals surface area contributed by atoms with Gasteiger partial charge in [-0.15, -0.1) is 11.3 Å². The number of carbonyl (C=O) groups excluding carboxylic acids is 1. The van der Waals surface area contributed by atoms with Crippen LogP contribution >= 0.6 is 11.3 Å². The predicted octanol–water partition coefficient (Wildman–Crippen LogP) is 2.38. The fourth-order valence-electron chi connectivity index (χ4n) is 3.03. The lowest BCUT2D eigenvalue weighted by Crippen LogP contribution is -2.54. The lowest BCUT2D eigenvalue weighted by atomic mass is 9.90. The lowest BCUT2D eigenvalue weighted by molar-refractivity contribution is -0.124. The molecule has 3 rings (SSSR count). The van der Waals surface area contributed by atoms with Crippen molar-refractivity contribution in [3.63, 3.8) is 0 Å². The van der Waals surface area contributed by atoms with E-state index in [-0.39, 0.29) is 5.91 Å². The Morgan fingerprint density at radius 2 is 2.00 bits per heavy atom. The number of nitrogens with two attached hydrogens (primary N) is 1. The minimum absolute atomic E-state index is 0.0532. The van der Waals surface area contributed by atoms with E-state index in [4.69, 9.17) is 10.5 Å². The molecule has 2 aliphatic rings. The highest BCUT2D eigenvalue weighted by Crippen LogP contribution is 2.38. The number of aryl methyl sites for hydroxylation is 1. The minimum Gasteiger partial charge on any atom is -0.381 e. The number of amides is 1. The average Bonchev–Trinajstić information content (AvgIpc) is 2.77. The molecule has 0 aromatic carbocycles. The number of fused-ring (bicyclic) bond motifs is 1. The van der Waals surface area contributed by atoms with E-state index in [1.165, 1.54) is 28.8 Å². The van der Waals surface area contributed by atoms with Gasteiger partial charge in [-0.05, 0) is 56.6 Å². The first-order valence-corrected chi connectivity index (χ1v) is 8.21. The van der Waals surface area contributed by atoms with Crippen LogP contribution in [0.5, 0.6) is 0 Å². The molecule has 1 aliphatic heterocycles. The molecule has 0 atom stereocenters. The first kappa shape index (κ1) is 14.0. The van der Waals surface area contributed by atoms with E-state index in [0.717, 1.165) is 17.8 Å². The standard InChI is InChI=1S/C15H22N2O2S/c1-10-11-4-2-3-5-12(11)20-13(10)17-14(18)15(16)6-8-19-9-7-15/h2-9,16H2,1H3,(H,17,18). The van der Waals surface area contributed by atoms with Gasteiger partial charge in [-0.25, -0.2) is 0 Å². The van der Waals surface area contributed by atoms with Crippen molar-refractivity contribution in [2.45, 2.75) is 51.0 Å². The van der Waals surface area contributed by atoms with Crippen molar-refractivity contribution in [1.29, 1.82) is 0 Å². The molecule has 2 heterocycles. The molecule has 20 heavy (non-hydrogen) atoms. The Labute approximate surface area is 123 Å². The lowest BCUT2D eigenvalue weighted by Gasteiger charge is -2.31. The molecule has 0 spiro atoms. The third-order valence-electron chi connectivity index (χ3n) is 4.50. The summed E-state index contributed by atoms with van der Waals surface area (Å²) in [6.07, 6.45) is 6.02. The van der Waals surface area contributed by atoms with E-state index in [1.807, 2.05) is 0 Å². The smallest absolute Gasteiger partial charge is 0.245 e. The molecule has 1 aliphatic carbocycles. The normalized spacial score (nSPS) is 21.3. The van der Waals surface area contributed by atoms with E-state index in [9.17, 15) is 4.79 Å². The summed E-state index contributed by atoms with van der Waals surface area (Å²) in [4.78, 5) is 13.9. The Bertz CT molecular complexity index is 518. The van der Waals surface area contributed by atoms with Gasteiger partial charge in [-0.1, -0.05) is 0 Å². The van der Waals surface area contributed by atoms with E-state index in [2.05, 4.69) is 12.2 Å². The SMILES string of the molecule is Cc1c(NC(=O)C2(N)CCOCC2)sc2c1CCCC2. The zero-order valence-electron chi connectivity index (χ0n) is 12.0. The molecule has 1 fully saturated rings. The van der Waals surface area contributed by atoms with Crippen LogP contribution in [0.15, 0.2) is 0 Å². The van der Waals surface area contributed by atoms with Gasteiger partial charge < -0.3 is 15.8 Å². The van der Waals surface area contributed by atoms with Gasteiger partial charge in [0.05, 0.1) is 5.00 Å². The molecule has 0 saturated carbocycles. The summed E-state index contributed by atoms with van der Waals surface area (Å²) < 4.78 is 5.30. The number of nitrogens with one attached hydrogen (secondary N) is 1. The molecule has 1 aromatic heterocycles. The number of carbonyl (C=O) groups is 1.